The number of furan rings is 1. The summed E-state index contributed by atoms with van der Waals surface area (Å²) in [6, 6.07) is 8.96. The van der Waals surface area contributed by atoms with Crippen molar-refractivity contribution in [3.8, 4) is 5.75 Å². The van der Waals surface area contributed by atoms with Gasteiger partial charge in [0.1, 0.15) is 23.9 Å². The van der Waals surface area contributed by atoms with Crippen LogP contribution in [0.5, 0.6) is 5.75 Å². The highest BCUT2D eigenvalue weighted by Gasteiger charge is 2.07. The number of rotatable bonds is 6. The molecule has 0 N–H and O–H groups in total. The highest BCUT2D eigenvalue weighted by Crippen LogP contribution is 2.28. The third-order valence-electron chi connectivity index (χ3n) is 3.33. The molecule has 0 unspecified atom stereocenters. The second-order valence-electron chi connectivity index (χ2n) is 5.27. The monoisotopic (exact) mass is 420 g/mol. The van der Waals surface area contributed by atoms with Crippen LogP contribution in [0.15, 0.2) is 57.7 Å². The molecule has 128 valence electrons. The first-order valence-electron chi connectivity index (χ1n) is 7.39. The Bertz CT molecular complexity index is 930. The van der Waals surface area contributed by atoms with Crippen LogP contribution in [-0.2, 0) is 13.7 Å². The molecule has 0 amide bonds. The number of allylic oxidation sites excluding steroid dienone is 1. The number of carbonyl (C=O) groups is 1. The van der Waals surface area contributed by atoms with E-state index in [1.165, 1.54) is 12.3 Å². The summed E-state index contributed by atoms with van der Waals surface area (Å²) in [5.41, 5.74) is 0.527. The largest absolute Gasteiger partial charge is 0.484 e. The summed E-state index contributed by atoms with van der Waals surface area (Å²) in [6.07, 6.45) is 6.25. The number of aromatic nitrogens is 2. The Balaban J connectivity index is 1.60. The van der Waals surface area contributed by atoms with E-state index >= 15 is 0 Å². The molecule has 3 aromatic rings. The quantitative estimate of drug-likeness (QED) is 0.419. The molecule has 0 saturated carbocycles. The summed E-state index contributed by atoms with van der Waals surface area (Å²) in [5, 5.41) is 4.49. The zero-order valence-electron chi connectivity index (χ0n) is 13.3. The molecule has 0 saturated heterocycles. The molecule has 0 atom stereocenters. The number of nitrogens with zero attached hydrogens (tertiary/aromatic N) is 2. The number of benzene rings is 1. The lowest BCUT2D eigenvalue weighted by atomic mass is 10.2. The van der Waals surface area contributed by atoms with Crippen LogP contribution in [0.25, 0.3) is 6.08 Å². The molecular formula is C18H14BrClN2O3. The minimum atomic E-state index is -0.135. The van der Waals surface area contributed by atoms with E-state index in [0.717, 1.165) is 4.47 Å². The van der Waals surface area contributed by atoms with Gasteiger partial charge in [-0.05, 0) is 42.5 Å². The van der Waals surface area contributed by atoms with Gasteiger partial charge < -0.3 is 9.15 Å². The van der Waals surface area contributed by atoms with Gasteiger partial charge in [0.25, 0.3) is 0 Å². The van der Waals surface area contributed by atoms with Crippen molar-refractivity contribution in [2.75, 3.05) is 0 Å². The molecule has 5 nitrogen and oxygen atoms in total. The van der Waals surface area contributed by atoms with Crippen LogP contribution in [0.3, 0.4) is 0 Å². The van der Waals surface area contributed by atoms with Crippen molar-refractivity contribution < 1.29 is 13.9 Å². The molecule has 3 rings (SSSR count). The summed E-state index contributed by atoms with van der Waals surface area (Å²) in [7, 11) is 1.76. The summed E-state index contributed by atoms with van der Waals surface area (Å²) < 4.78 is 13.7. The highest BCUT2D eigenvalue weighted by atomic mass is 79.9. The van der Waals surface area contributed by atoms with Crippen LogP contribution in [0.4, 0.5) is 0 Å². The van der Waals surface area contributed by atoms with Gasteiger partial charge in [0, 0.05) is 17.7 Å². The predicted octanol–water partition coefficient (Wildman–Crippen LogP) is 4.90. The third kappa shape index (κ3) is 4.61. The number of aryl methyl sites for hydroxylation is 1. The molecular weight excluding hydrogens is 408 g/mol. The second kappa shape index (κ2) is 7.72. The third-order valence-corrected chi connectivity index (χ3v) is 4.12. The van der Waals surface area contributed by atoms with E-state index in [9.17, 15) is 4.79 Å². The molecule has 2 heterocycles. The zero-order valence-corrected chi connectivity index (χ0v) is 15.6. The number of hydrogen-bond acceptors (Lipinski definition) is 4. The Hall–Kier alpha value is -2.31. The molecule has 0 radical (unpaired) electrons. The van der Waals surface area contributed by atoms with E-state index in [1.807, 2.05) is 6.07 Å². The second-order valence-corrected chi connectivity index (χ2v) is 6.59. The highest BCUT2D eigenvalue weighted by molar-refractivity contribution is 9.10. The Morgan fingerprint density at radius 1 is 1.40 bits per heavy atom. The van der Waals surface area contributed by atoms with E-state index in [2.05, 4.69) is 21.0 Å². The van der Waals surface area contributed by atoms with Crippen molar-refractivity contribution in [3.63, 3.8) is 0 Å². The van der Waals surface area contributed by atoms with Crippen LogP contribution in [0, 0.1) is 0 Å². The Kier molecular flexibility index (Phi) is 5.40. The maximum atomic E-state index is 12.0. The van der Waals surface area contributed by atoms with Crippen molar-refractivity contribution in [1.82, 2.24) is 9.78 Å². The van der Waals surface area contributed by atoms with Gasteiger partial charge in [0.15, 0.2) is 5.78 Å². The van der Waals surface area contributed by atoms with Gasteiger partial charge >= 0.3 is 0 Å². The lowest BCUT2D eigenvalue weighted by Gasteiger charge is -2.06. The first-order chi connectivity index (χ1) is 12.0. The molecule has 1 aromatic carbocycles. The predicted molar refractivity (Wildman–Crippen MR) is 98.8 cm³/mol. The summed E-state index contributed by atoms with van der Waals surface area (Å²) in [6.45, 7) is 0.242. The minimum absolute atomic E-state index is 0.135. The molecule has 25 heavy (non-hydrogen) atoms. The minimum Gasteiger partial charge on any atom is -0.484 e. The molecule has 7 heteroatoms. The van der Waals surface area contributed by atoms with Gasteiger partial charge in [0.05, 0.1) is 16.8 Å². The Morgan fingerprint density at radius 2 is 2.24 bits per heavy atom. The fourth-order valence-electron chi connectivity index (χ4n) is 2.11. The lowest BCUT2D eigenvalue weighted by Crippen LogP contribution is -1.94. The number of halogens is 2. The average molecular weight is 422 g/mol. The normalized spacial score (nSPS) is 11.2. The number of ether oxygens (including phenoxy) is 1. The van der Waals surface area contributed by atoms with Gasteiger partial charge in [0.2, 0.25) is 0 Å². The summed E-state index contributed by atoms with van der Waals surface area (Å²) in [4.78, 5) is 12.0. The topological polar surface area (TPSA) is 57.3 Å². The van der Waals surface area contributed by atoms with Crippen LogP contribution < -0.4 is 4.74 Å². The van der Waals surface area contributed by atoms with Crippen LogP contribution >= 0.6 is 27.5 Å². The van der Waals surface area contributed by atoms with Gasteiger partial charge in [-0.15, -0.1) is 0 Å². The van der Waals surface area contributed by atoms with Crippen molar-refractivity contribution in [2.45, 2.75) is 6.61 Å². The van der Waals surface area contributed by atoms with E-state index in [0.29, 0.717) is 27.9 Å². The number of hydrogen-bond donors (Lipinski definition) is 0. The standard InChI is InChI=1S/C18H14BrClN2O3/c1-22-10-12(9-21-22)17(23)6-5-14-3-4-15(25-14)11-24-18-7-2-13(19)8-16(18)20/h2-10H,11H2,1H3. The van der Waals surface area contributed by atoms with Crippen LogP contribution in [0.2, 0.25) is 5.02 Å². The van der Waals surface area contributed by atoms with Crippen LogP contribution in [-0.4, -0.2) is 15.6 Å². The number of carbonyl (C=O) groups excluding carboxylic acids is 1. The van der Waals surface area contributed by atoms with Crippen molar-refractivity contribution in [1.29, 1.82) is 0 Å². The summed E-state index contributed by atoms with van der Waals surface area (Å²) >= 11 is 9.45. The smallest absolute Gasteiger partial charge is 0.189 e. The first kappa shape index (κ1) is 17.5. The molecule has 0 fully saturated rings. The molecule has 0 aliphatic carbocycles. The van der Waals surface area contributed by atoms with Gasteiger partial charge in [-0.2, -0.15) is 5.10 Å². The molecule has 0 bridgehead atoms. The van der Waals surface area contributed by atoms with Gasteiger partial charge in [-0.25, -0.2) is 0 Å². The first-order valence-corrected chi connectivity index (χ1v) is 8.56. The van der Waals surface area contributed by atoms with Gasteiger partial charge in [-0.1, -0.05) is 27.5 Å². The Morgan fingerprint density at radius 3 is 2.96 bits per heavy atom. The van der Waals surface area contributed by atoms with E-state index < -0.39 is 0 Å². The maximum Gasteiger partial charge on any atom is 0.189 e. The molecule has 0 aliphatic heterocycles. The fraction of sp³-hybridized carbons (Fsp3) is 0.111. The van der Waals surface area contributed by atoms with Crippen molar-refractivity contribution in [3.05, 3.63) is 75.4 Å². The van der Waals surface area contributed by atoms with Crippen molar-refractivity contribution in [2.24, 2.45) is 7.05 Å². The SMILES string of the molecule is Cn1cc(C(=O)C=Cc2ccc(COc3ccc(Br)cc3Cl)o2)cn1. The molecule has 0 aliphatic rings. The van der Waals surface area contributed by atoms with E-state index in [-0.39, 0.29) is 12.4 Å². The molecule has 2 aromatic heterocycles. The van der Waals surface area contributed by atoms with Gasteiger partial charge in [-0.3, -0.25) is 9.48 Å². The maximum absolute atomic E-state index is 12.0. The van der Waals surface area contributed by atoms with E-state index in [1.54, 1.807) is 48.3 Å². The van der Waals surface area contributed by atoms with Crippen LogP contribution in [0.1, 0.15) is 21.9 Å². The van der Waals surface area contributed by atoms with E-state index in [4.69, 9.17) is 20.8 Å². The Labute approximate surface area is 158 Å². The number of ketones is 1. The average Bonchev–Trinajstić information content (AvgIpc) is 3.21. The lowest BCUT2D eigenvalue weighted by molar-refractivity contribution is 0.104. The fourth-order valence-corrected chi connectivity index (χ4v) is 2.83. The summed E-state index contributed by atoms with van der Waals surface area (Å²) in [5.74, 6) is 1.64. The van der Waals surface area contributed by atoms with Crippen molar-refractivity contribution >= 4 is 39.4 Å². The molecule has 0 spiro atoms. The zero-order chi connectivity index (χ0) is 17.8.